The van der Waals surface area contributed by atoms with E-state index in [0.29, 0.717) is 0 Å². The van der Waals surface area contributed by atoms with Gasteiger partial charge in [0.2, 0.25) is 6.08 Å². The van der Waals surface area contributed by atoms with Gasteiger partial charge in [0.25, 0.3) is 0 Å². The molecule has 0 atom stereocenters. The molecule has 0 aliphatic heterocycles. The fourth-order valence-electron chi connectivity index (χ4n) is 3.01. The third kappa shape index (κ3) is 2.24. The van der Waals surface area contributed by atoms with Crippen LogP contribution in [0.25, 0.3) is 0 Å². The van der Waals surface area contributed by atoms with E-state index in [2.05, 4.69) is 4.99 Å². The van der Waals surface area contributed by atoms with Gasteiger partial charge in [0.15, 0.2) is 0 Å². The Labute approximate surface area is 113 Å². The minimum absolute atomic E-state index is 0.468. The standard InChI is InChI=1S/C15H19NO3/c1-11-13(18-2)7-6-12(14(11)19-3)15(16-10-17)8-4-5-9-15/h6-7H,4-5,8-9H2,1-3H3. The summed E-state index contributed by atoms with van der Waals surface area (Å²) in [6.45, 7) is 1.95. The van der Waals surface area contributed by atoms with Gasteiger partial charge in [-0.2, -0.15) is 4.99 Å². The van der Waals surface area contributed by atoms with Crippen molar-refractivity contribution in [1.29, 1.82) is 0 Å². The average Bonchev–Trinajstić information content (AvgIpc) is 2.88. The van der Waals surface area contributed by atoms with Crippen LogP contribution < -0.4 is 9.47 Å². The second-order valence-corrected chi connectivity index (χ2v) is 4.92. The molecule has 19 heavy (non-hydrogen) atoms. The molecule has 0 saturated heterocycles. The van der Waals surface area contributed by atoms with Gasteiger partial charge in [0.05, 0.1) is 14.2 Å². The molecule has 0 bridgehead atoms. The molecule has 1 aliphatic carbocycles. The Morgan fingerprint density at radius 3 is 2.42 bits per heavy atom. The average molecular weight is 261 g/mol. The zero-order valence-corrected chi connectivity index (χ0v) is 11.7. The molecule has 102 valence electrons. The zero-order valence-electron chi connectivity index (χ0n) is 11.7. The molecule has 1 aromatic rings. The molecule has 4 heteroatoms. The molecule has 0 radical (unpaired) electrons. The maximum absolute atomic E-state index is 10.8. The first-order chi connectivity index (χ1) is 9.18. The molecule has 0 amide bonds. The van der Waals surface area contributed by atoms with Crippen molar-refractivity contribution in [1.82, 2.24) is 0 Å². The molecule has 4 nitrogen and oxygen atoms in total. The van der Waals surface area contributed by atoms with Crippen LogP contribution in [0.3, 0.4) is 0 Å². The van der Waals surface area contributed by atoms with E-state index in [1.54, 1.807) is 20.3 Å². The summed E-state index contributed by atoms with van der Waals surface area (Å²) < 4.78 is 10.8. The molecular formula is C15H19NO3. The fourth-order valence-corrected chi connectivity index (χ4v) is 3.01. The Bertz CT molecular complexity index is 512. The van der Waals surface area contributed by atoms with Gasteiger partial charge in [0, 0.05) is 11.1 Å². The van der Waals surface area contributed by atoms with E-state index in [9.17, 15) is 4.79 Å². The van der Waals surface area contributed by atoms with E-state index in [1.165, 1.54) is 0 Å². The van der Waals surface area contributed by atoms with Crippen molar-refractivity contribution in [3.05, 3.63) is 23.3 Å². The highest BCUT2D eigenvalue weighted by Crippen LogP contribution is 2.47. The lowest BCUT2D eigenvalue weighted by atomic mass is 9.87. The smallest absolute Gasteiger partial charge is 0.235 e. The summed E-state index contributed by atoms with van der Waals surface area (Å²) in [5.41, 5.74) is 1.44. The number of hydrogen-bond acceptors (Lipinski definition) is 4. The topological polar surface area (TPSA) is 47.9 Å². The third-order valence-corrected chi connectivity index (χ3v) is 3.97. The molecule has 0 heterocycles. The number of rotatable bonds is 4. The van der Waals surface area contributed by atoms with Gasteiger partial charge < -0.3 is 9.47 Å². The molecule has 0 N–H and O–H groups in total. The molecule has 2 rings (SSSR count). The van der Waals surface area contributed by atoms with E-state index in [1.807, 2.05) is 19.1 Å². The minimum Gasteiger partial charge on any atom is -0.496 e. The summed E-state index contributed by atoms with van der Waals surface area (Å²) in [5.74, 6) is 1.55. The second kappa shape index (κ2) is 5.45. The summed E-state index contributed by atoms with van der Waals surface area (Å²) in [6.07, 6.45) is 5.61. The third-order valence-electron chi connectivity index (χ3n) is 3.97. The van der Waals surface area contributed by atoms with Crippen LogP contribution in [0.5, 0.6) is 11.5 Å². The lowest BCUT2D eigenvalue weighted by Crippen LogP contribution is -2.20. The van der Waals surface area contributed by atoms with Crippen molar-refractivity contribution in [2.45, 2.75) is 38.1 Å². The van der Waals surface area contributed by atoms with E-state index in [0.717, 1.165) is 48.3 Å². The van der Waals surface area contributed by atoms with Crippen LogP contribution in [0.15, 0.2) is 17.1 Å². The van der Waals surface area contributed by atoms with Gasteiger partial charge in [0.1, 0.15) is 17.0 Å². The lowest BCUT2D eigenvalue weighted by molar-refractivity contribution is 0.365. The summed E-state index contributed by atoms with van der Waals surface area (Å²) in [7, 11) is 3.27. The van der Waals surface area contributed by atoms with Crippen LogP contribution in [0, 0.1) is 6.92 Å². The largest absolute Gasteiger partial charge is 0.496 e. The predicted octanol–water partition coefficient (Wildman–Crippen LogP) is 3.12. The lowest BCUT2D eigenvalue weighted by Gasteiger charge is -2.26. The van der Waals surface area contributed by atoms with Crippen molar-refractivity contribution < 1.29 is 14.3 Å². The van der Waals surface area contributed by atoms with Gasteiger partial charge in [-0.25, -0.2) is 4.79 Å². The summed E-state index contributed by atoms with van der Waals surface area (Å²) in [5, 5.41) is 0. The summed E-state index contributed by atoms with van der Waals surface area (Å²) >= 11 is 0. The van der Waals surface area contributed by atoms with Crippen molar-refractivity contribution in [3.8, 4) is 11.5 Å². The van der Waals surface area contributed by atoms with Crippen molar-refractivity contribution in [3.63, 3.8) is 0 Å². The Balaban J connectivity index is 2.60. The molecular weight excluding hydrogens is 242 g/mol. The molecule has 1 aliphatic rings. The number of benzene rings is 1. The van der Waals surface area contributed by atoms with E-state index >= 15 is 0 Å². The number of hydrogen-bond donors (Lipinski definition) is 0. The predicted molar refractivity (Wildman–Crippen MR) is 72.6 cm³/mol. The number of aliphatic imine (C=N–C) groups is 1. The number of ether oxygens (including phenoxy) is 2. The van der Waals surface area contributed by atoms with Gasteiger partial charge in [-0.05, 0) is 31.9 Å². The Morgan fingerprint density at radius 2 is 1.89 bits per heavy atom. The van der Waals surface area contributed by atoms with E-state index in [4.69, 9.17) is 9.47 Å². The van der Waals surface area contributed by atoms with Crippen molar-refractivity contribution >= 4 is 6.08 Å². The number of nitrogens with zero attached hydrogens (tertiary/aromatic N) is 1. The number of isocyanates is 1. The molecule has 0 aromatic heterocycles. The van der Waals surface area contributed by atoms with Crippen LogP contribution in [-0.2, 0) is 10.3 Å². The fraction of sp³-hybridized carbons (Fsp3) is 0.533. The molecule has 1 fully saturated rings. The first-order valence-corrected chi connectivity index (χ1v) is 6.49. The maximum atomic E-state index is 10.8. The van der Waals surface area contributed by atoms with Crippen LogP contribution in [0.1, 0.15) is 36.8 Å². The Morgan fingerprint density at radius 1 is 1.21 bits per heavy atom. The number of carbonyl (C=O) groups excluding carboxylic acids is 1. The minimum atomic E-state index is -0.468. The first kappa shape index (κ1) is 13.6. The molecule has 1 aromatic carbocycles. The highest BCUT2D eigenvalue weighted by Gasteiger charge is 2.38. The summed E-state index contributed by atoms with van der Waals surface area (Å²) in [6, 6.07) is 3.87. The normalized spacial score (nSPS) is 16.8. The summed E-state index contributed by atoms with van der Waals surface area (Å²) in [4.78, 5) is 14.9. The molecule has 1 saturated carbocycles. The van der Waals surface area contributed by atoms with Gasteiger partial charge in [-0.1, -0.05) is 12.8 Å². The monoisotopic (exact) mass is 261 g/mol. The van der Waals surface area contributed by atoms with Gasteiger partial charge in [-0.15, -0.1) is 0 Å². The van der Waals surface area contributed by atoms with Crippen LogP contribution in [-0.4, -0.2) is 20.3 Å². The molecule has 0 spiro atoms. The van der Waals surface area contributed by atoms with Crippen LogP contribution in [0.2, 0.25) is 0 Å². The maximum Gasteiger partial charge on any atom is 0.235 e. The SMILES string of the molecule is COc1ccc(C2(N=C=O)CCCC2)c(OC)c1C. The Kier molecular flexibility index (Phi) is 3.91. The van der Waals surface area contributed by atoms with E-state index in [-0.39, 0.29) is 0 Å². The quantitative estimate of drug-likeness (QED) is 0.618. The zero-order chi connectivity index (χ0) is 13.9. The van der Waals surface area contributed by atoms with Crippen LogP contribution >= 0.6 is 0 Å². The molecule has 0 unspecified atom stereocenters. The number of methoxy groups -OCH3 is 2. The highest BCUT2D eigenvalue weighted by atomic mass is 16.5. The van der Waals surface area contributed by atoms with Gasteiger partial charge in [-0.3, -0.25) is 0 Å². The van der Waals surface area contributed by atoms with Gasteiger partial charge >= 0.3 is 0 Å². The first-order valence-electron chi connectivity index (χ1n) is 6.49. The van der Waals surface area contributed by atoms with E-state index < -0.39 is 5.54 Å². The highest BCUT2D eigenvalue weighted by molar-refractivity contribution is 5.53. The Hall–Kier alpha value is -1.80. The second-order valence-electron chi connectivity index (χ2n) is 4.92. The van der Waals surface area contributed by atoms with Crippen LogP contribution in [0.4, 0.5) is 0 Å². The van der Waals surface area contributed by atoms with Crippen molar-refractivity contribution in [2.75, 3.05) is 14.2 Å². The van der Waals surface area contributed by atoms with Crippen molar-refractivity contribution in [2.24, 2.45) is 4.99 Å².